The molecule has 1 aliphatic rings. The van der Waals surface area contributed by atoms with E-state index in [1.165, 1.54) is 0 Å². The van der Waals surface area contributed by atoms with Crippen LogP contribution in [0.25, 0.3) is 11.1 Å². The average Bonchev–Trinajstić information content (AvgIpc) is 2.94. The van der Waals surface area contributed by atoms with Crippen molar-refractivity contribution in [1.29, 1.82) is 0 Å². The van der Waals surface area contributed by atoms with Gasteiger partial charge in [-0.15, -0.1) is 0 Å². The van der Waals surface area contributed by atoms with Crippen LogP contribution in [0.2, 0.25) is 0 Å². The van der Waals surface area contributed by atoms with Crippen molar-refractivity contribution >= 4 is 11.8 Å². The number of aliphatic hydroxyl groups is 1. The highest BCUT2D eigenvalue weighted by atomic mass is 16.5. The van der Waals surface area contributed by atoms with Crippen LogP contribution >= 0.6 is 0 Å². The first-order chi connectivity index (χ1) is 18.3. The van der Waals surface area contributed by atoms with Gasteiger partial charge in [0, 0.05) is 31.3 Å². The molecule has 1 aliphatic heterocycles. The highest BCUT2D eigenvalue weighted by molar-refractivity contribution is 5.98. The maximum atomic E-state index is 13.7. The van der Waals surface area contributed by atoms with Crippen molar-refractivity contribution in [3.05, 3.63) is 78.0 Å². The fraction of sp³-hybridized carbons (Fsp3) is 0.367. The van der Waals surface area contributed by atoms with Crippen molar-refractivity contribution < 1.29 is 24.2 Å². The van der Waals surface area contributed by atoms with Gasteiger partial charge in [-0.25, -0.2) is 4.98 Å². The number of likely N-dealkylation sites (N-methyl/N-ethyl adjacent to an activating group) is 1. The minimum atomic E-state index is -0.403. The van der Waals surface area contributed by atoms with Crippen LogP contribution in [0.4, 0.5) is 0 Å². The number of methoxy groups -OCH3 is 1. The lowest BCUT2D eigenvalue weighted by Crippen LogP contribution is -2.50. The number of carbonyl (C=O) groups excluding carboxylic acids is 2. The highest BCUT2D eigenvalue weighted by Gasteiger charge is 2.34. The minimum Gasteiger partial charge on any atom is -0.497 e. The lowest BCUT2D eigenvalue weighted by Gasteiger charge is -2.37. The van der Waals surface area contributed by atoms with Crippen molar-refractivity contribution in [1.82, 2.24) is 14.8 Å². The summed E-state index contributed by atoms with van der Waals surface area (Å²) in [6.45, 7) is 4.35. The number of pyridine rings is 1. The molecule has 0 aliphatic carbocycles. The Hall–Kier alpha value is -3.91. The van der Waals surface area contributed by atoms with Gasteiger partial charge in [-0.1, -0.05) is 49.4 Å². The van der Waals surface area contributed by atoms with Crippen molar-refractivity contribution in [3.63, 3.8) is 0 Å². The SMILES string of the molecule is COc1ccc(-c2cnc3c(c2)C(=O)N([C@@H](C)CO)C[C@H](C)[C@@H](CN(C)C(=O)Cc2ccccc2)O3)cc1. The molecule has 200 valence electrons. The van der Waals surface area contributed by atoms with Crippen LogP contribution in [-0.4, -0.2) is 77.7 Å². The number of nitrogens with zero attached hydrogens (tertiary/aromatic N) is 3. The number of hydrogen-bond donors (Lipinski definition) is 1. The Kier molecular flexibility index (Phi) is 8.63. The molecule has 1 N–H and O–H groups in total. The second kappa shape index (κ2) is 12.1. The van der Waals surface area contributed by atoms with E-state index in [-0.39, 0.29) is 30.2 Å². The van der Waals surface area contributed by atoms with E-state index in [9.17, 15) is 14.7 Å². The molecule has 0 saturated heterocycles. The number of fused-ring (bicyclic) bond motifs is 1. The minimum absolute atomic E-state index is 0.0197. The number of carbonyl (C=O) groups is 2. The summed E-state index contributed by atoms with van der Waals surface area (Å²) in [7, 11) is 3.37. The number of hydrogen-bond acceptors (Lipinski definition) is 6. The first-order valence-electron chi connectivity index (χ1n) is 12.8. The van der Waals surface area contributed by atoms with Crippen LogP contribution in [0.15, 0.2) is 66.9 Å². The Morgan fingerprint density at radius 2 is 1.89 bits per heavy atom. The zero-order valence-electron chi connectivity index (χ0n) is 22.3. The fourth-order valence-electron chi connectivity index (χ4n) is 4.54. The molecule has 0 saturated carbocycles. The summed E-state index contributed by atoms with van der Waals surface area (Å²) in [4.78, 5) is 34.5. The van der Waals surface area contributed by atoms with Crippen LogP contribution < -0.4 is 9.47 Å². The molecule has 0 radical (unpaired) electrons. The molecule has 8 nitrogen and oxygen atoms in total. The molecule has 3 aromatic rings. The molecule has 0 unspecified atom stereocenters. The first-order valence-corrected chi connectivity index (χ1v) is 12.8. The number of rotatable bonds is 8. The molecule has 2 amide bonds. The number of amides is 2. The zero-order chi connectivity index (χ0) is 27.2. The maximum absolute atomic E-state index is 13.7. The second-order valence-electron chi connectivity index (χ2n) is 9.86. The van der Waals surface area contributed by atoms with E-state index < -0.39 is 12.1 Å². The number of aliphatic hydroxyl groups excluding tert-OH is 1. The van der Waals surface area contributed by atoms with Crippen LogP contribution in [0, 0.1) is 5.92 Å². The zero-order valence-corrected chi connectivity index (χ0v) is 22.3. The van der Waals surface area contributed by atoms with Crippen molar-refractivity contribution in [2.24, 2.45) is 5.92 Å². The standard InChI is InChI=1S/C30H35N3O5/c1-20-17-33(21(2)19-34)30(36)26-15-24(23-10-12-25(37-4)13-11-23)16-31-29(26)38-27(20)18-32(3)28(35)14-22-8-6-5-7-9-22/h5-13,15-16,20-21,27,34H,14,17-19H2,1-4H3/t20-,21-,27+/m0/s1. The van der Waals surface area contributed by atoms with E-state index in [4.69, 9.17) is 9.47 Å². The van der Waals surface area contributed by atoms with E-state index in [0.717, 1.165) is 22.4 Å². The van der Waals surface area contributed by atoms with Crippen LogP contribution in [-0.2, 0) is 11.2 Å². The molecule has 0 spiro atoms. The maximum Gasteiger partial charge on any atom is 0.259 e. The van der Waals surface area contributed by atoms with Crippen molar-refractivity contribution in [3.8, 4) is 22.8 Å². The molecule has 38 heavy (non-hydrogen) atoms. The summed E-state index contributed by atoms with van der Waals surface area (Å²) in [5, 5.41) is 9.90. The monoisotopic (exact) mass is 517 g/mol. The summed E-state index contributed by atoms with van der Waals surface area (Å²) in [6, 6.07) is 18.5. The normalized spacial score (nSPS) is 18.0. The van der Waals surface area contributed by atoms with Gasteiger partial charge in [0.25, 0.3) is 5.91 Å². The van der Waals surface area contributed by atoms with Crippen LogP contribution in [0.1, 0.15) is 29.8 Å². The lowest BCUT2D eigenvalue weighted by atomic mass is 9.99. The smallest absolute Gasteiger partial charge is 0.259 e. The quantitative estimate of drug-likeness (QED) is 0.490. The number of benzene rings is 2. The summed E-state index contributed by atoms with van der Waals surface area (Å²) < 4.78 is 11.6. The van der Waals surface area contributed by atoms with Gasteiger partial charge in [-0.2, -0.15) is 0 Å². The first kappa shape index (κ1) is 27.1. The predicted octanol–water partition coefficient (Wildman–Crippen LogP) is 3.68. The van der Waals surface area contributed by atoms with Gasteiger partial charge in [0.15, 0.2) is 0 Å². The molecular formula is C30H35N3O5. The molecule has 8 heteroatoms. The molecule has 1 aromatic heterocycles. The van der Waals surface area contributed by atoms with E-state index in [0.29, 0.717) is 25.1 Å². The van der Waals surface area contributed by atoms with E-state index in [1.807, 2.05) is 68.4 Å². The van der Waals surface area contributed by atoms with E-state index >= 15 is 0 Å². The van der Waals surface area contributed by atoms with Crippen LogP contribution in [0.3, 0.4) is 0 Å². The molecule has 2 aromatic carbocycles. The van der Waals surface area contributed by atoms with Crippen molar-refractivity contribution in [2.75, 3.05) is 33.9 Å². The summed E-state index contributed by atoms with van der Waals surface area (Å²) >= 11 is 0. The average molecular weight is 518 g/mol. The Morgan fingerprint density at radius 3 is 2.55 bits per heavy atom. The molecule has 2 heterocycles. The van der Waals surface area contributed by atoms with E-state index in [1.54, 1.807) is 36.2 Å². The van der Waals surface area contributed by atoms with Gasteiger partial charge < -0.3 is 24.4 Å². The third-order valence-corrected chi connectivity index (χ3v) is 7.02. The number of aromatic nitrogens is 1. The van der Waals surface area contributed by atoms with Gasteiger partial charge >= 0.3 is 0 Å². The van der Waals surface area contributed by atoms with Gasteiger partial charge in [-0.05, 0) is 36.2 Å². The Labute approximate surface area is 223 Å². The highest BCUT2D eigenvalue weighted by Crippen LogP contribution is 2.31. The van der Waals surface area contributed by atoms with Gasteiger partial charge in [-0.3, -0.25) is 9.59 Å². The lowest BCUT2D eigenvalue weighted by molar-refractivity contribution is -0.130. The molecule has 4 rings (SSSR count). The van der Waals surface area contributed by atoms with Gasteiger partial charge in [0.05, 0.1) is 32.7 Å². The third kappa shape index (κ3) is 6.14. The summed E-state index contributed by atoms with van der Waals surface area (Å²) in [5.41, 5.74) is 2.92. The third-order valence-electron chi connectivity index (χ3n) is 7.02. The second-order valence-corrected chi connectivity index (χ2v) is 9.86. The number of ether oxygens (including phenoxy) is 2. The van der Waals surface area contributed by atoms with Crippen molar-refractivity contribution in [2.45, 2.75) is 32.4 Å². The molecule has 0 bridgehead atoms. The summed E-state index contributed by atoms with van der Waals surface area (Å²) in [5.74, 6) is 0.578. The topological polar surface area (TPSA) is 92.2 Å². The molecular weight excluding hydrogens is 482 g/mol. The fourth-order valence-corrected chi connectivity index (χ4v) is 4.54. The predicted molar refractivity (Wildman–Crippen MR) is 145 cm³/mol. The summed E-state index contributed by atoms with van der Waals surface area (Å²) in [6.07, 6.45) is 1.57. The largest absolute Gasteiger partial charge is 0.497 e. The van der Waals surface area contributed by atoms with E-state index in [2.05, 4.69) is 4.98 Å². The van der Waals surface area contributed by atoms with Gasteiger partial charge in [0.2, 0.25) is 11.8 Å². The Balaban J connectivity index is 1.63. The Morgan fingerprint density at radius 1 is 1.18 bits per heavy atom. The van der Waals surface area contributed by atoms with Crippen LogP contribution in [0.5, 0.6) is 11.6 Å². The van der Waals surface area contributed by atoms with Gasteiger partial charge in [0.1, 0.15) is 17.4 Å². The molecule has 3 atom stereocenters. The Bertz CT molecular complexity index is 1250. The molecule has 0 fully saturated rings.